The van der Waals surface area contributed by atoms with E-state index in [1.807, 2.05) is 0 Å². The number of nitrogens with one attached hydrogen (secondary N) is 2. The Balaban J connectivity index is 1.42. The largest absolute Gasteiger partial charge is 0.379 e. The second-order valence-electron chi connectivity index (χ2n) is 6.09. The van der Waals surface area contributed by atoms with E-state index in [0.717, 1.165) is 32.8 Å². The number of carbonyl (C=O) groups is 2. The molecule has 0 atom stereocenters. The molecular formula is C18H21FN4O3S. The van der Waals surface area contributed by atoms with E-state index in [4.69, 9.17) is 4.74 Å². The molecule has 0 aliphatic carbocycles. The van der Waals surface area contributed by atoms with E-state index in [0.29, 0.717) is 22.9 Å². The molecular weight excluding hydrogens is 371 g/mol. The molecule has 0 radical (unpaired) electrons. The fourth-order valence-electron chi connectivity index (χ4n) is 2.62. The minimum absolute atomic E-state index is 0.107. The van der Waals surface area contributed by atoms with Gasteiger partial charge < -0.3 is 10.1 Å². The van der Waals surface area contributed by atoms with E-state index >= 15 is 0 Å². The van der Waals surface area contributed by atoms with Crippen LogP contribution in [0.4, 0.5) is 9.52 Å². The maximum absolute atomic E-state index is 12.9. The average Bonchev–Trinajstić information content (AvgIpc) is 3.09. The quantitative estimate of drug-likeness (QED) is 0.747. The second kappa shape index (κ2) is 9.54. The lowest BCUT2D eigenvalue weighted by molar-refractivity contribution is -0.120. The molecule has 1 aliphatic heterocycles. The number of ether oxygens (including phenoxy) is 1. The minimum Gasteiger partial charge on any atom is -0.379 e. The molecule has 2 amide bonds. The van der Waals surface area contributed by atoms with Crippen LogP contribution in [0.1, 0.15) is 16.1 Å². The summed E-state index contributed by atoms with van der Waals surface area (Å²) >= 11 is 1.24. The number of hydrogen-bond donors (Lipinski definition) is 2. The predicted octanol–water partition coefficient (Wildman–Crippen LogP) is 1.53. The number of nitrogens with zero attached hydrogens (tertiary/aromatic N) is 2. The Bertz CT molecular complexity index is 775. The van der Waals surface area contributed by atoms with Gasteiger partial charge in [0.2, 0.25) is 5.91 Å². The molecule has 2 heterocycles. The van der Waals surface area contributed by atoms with E-state index < -0.39 is 5.82 Å². The van der Waals surface area contributed by atoms with Crippen LogP contribution in [-0.2, 0) is 16.0 Å². The van der Waals surface area contributed by atoms with Gasteiger partial charge in [-0.15, -0.1) is 11.3 Å². The molecule has 0 spiro atoms. The van der Waals surface area contributed by atoms with Crippen LogP contribution in [0.25, 0.3) is 0 Å². The predicted molar refractivity (Wildman–Crippen MR) is 100 cm³/mol. The number of halogens is 1. The van der Waals surface area contributed by atoms with Crippen molar-refractivity contribution >= 4 is 28.3 Å². The highest BCUT2D eigenvalue weighted by molar-refractivity contribution is 7.14. The first kappa shape index (κ1) is 19.4. The molecule has 1 aromatic carbocycles. The summed E-state index contributed by atoms with van der Waals surface area (Å²) < 4.78 is 18.2. The lowest BCUT2D eigenvalue weighted by atomic mass is 10.2. The maximum Gasteiger partial charge on any atom is 0.257 e. The fraction of sp³-hybridized carbons (Fsp3) is 0.389. The number of thiazole rings is 1. The first-order valence-corrected chi connectivity index (χ1v) is 9.56. The van der Waals surface area contributed by atoms with Crippen molar-refractivity contribution in [2.24, 2.45) is 0 Å². The second-order valence-corrected chi connectivity index (χ2v) is 6.94. The number of hydrogen-bond acceptors (Lipinski definition) is 6. The summed E-state index contributed by atoms with van der Waals surface area (Å²) in [5.41, 5.74) is 0.937. The minimum atomic E-state index is -0.400. The van der Waals surface area contributed by atoms with Gasteiger partial charge in [-0.2, -0.15) is 0 Å². The molecule has 1 saturated heterocycles. The van der Waals surface area contributed by atoms with Gasteiger partial charge in [-0.1, -0.05) is 0 Å². The SMILES string of the molecule is O=C(Cc1csc(NC(=O)c2ccc(F)cc2)n1)NCCN1CCOCC1. The van der Waals surface area contributed by atoms with Crippen molar-refractivity contribution in [3.8, 4) is 0 Å². The zero-order chi connectivity index (χ0) is 19.1. The van der Waals surface area contributed by atoms with Gasteiger partial charge in [-0.3, -0.25) is 19.8 Å². The molecule has 7 nitrogen and oxygen atoms in total. The van der Waals surface area contributed by atoms with E-state index in [2.05, 4.69) is 20.5 Å². The lowest BCUT2D eigenvalue weighted by Gasteiger charge is -2.26. The molecule has 27 heavy (non-hydrogen) atoms. The van der Waals surface area contributed by atoms with Gasteiger partial charge in [-0.25, -0.2) is 9.37 Å². The van der Waals surface area contributed by atoms with E-state index in [1.165, 1.54) is 35.6 Å². The number of morpholine rings is 1. The van der Waals surface area contributed by atoms with Gasteiger partial charge in [0.1, 0.15) is 5.82 Å². The summed E-state index contributed by atoms with van der Waals surface area (Å²) in [6, 6.07) is 5.26. The molecule has 144 valence electrons. The Morgan fingerprint density at radius 3 is 2.70 bits per heavy atom. The monoisotopic (exact) mass is 392 g/mol. The average molecular weight is 392 g/mol. The first-order chi connectivity index (χ1) is 13.1. The number of aromatic nitrogens is 1. The van der Waals surface area contributed by atoms with Crippen LogP contribution in [-0.4, -0.2) is 61.1 Å². The van der Waals surface area contributed by atoms with Crippen molar-refractivity contribution in [2.45, 2.75) is 6.42 Å². The number of amides is 2. The molecule has 1 aromatic heterocycles. The van der Waals surface area contributed by atoms with Crippen molar-refractivity contribution in [3.63, 3.8) is 0 Å². The lowest BCUT2D eigenvalue weighted by Crippen LogP contribution is -2.41. The molecule has 2 aromatic rings. The Kier molecular flexibility index (Phi) is 6.86. The standard InChI is InChI=1S/C18H21FN4O3S/c19-14-3-1-13(2-4-14)17(25)22-18-21-15(12-27-18)11-16(24)20-5-6-23-7-9-26-10-8-23/h1-4,12H,5-11H2,(H,20,24)(H,21,22,25). The molecule has 1 fully saturated rings. The number of carbonyl (C=O) groups excluding carboxylic acids is 2. The van der Waals surface area contributed by atoms with E-state index in [-0.39, 0.29) is 18.2 Å². The summed E-state index contributed by atoms with van der Waals surface area (Å²) in [6.07, 6.45) is 0.159. The van der Waals surface area contributed by atoms with Crippen molar-refractivity contribution < 1.29 is 18.7 Å². The highest BCUT2D eigenvalue weighted by atomic mass is 32.1. The number of benzene rings is 1. The Labute approximate surface area is 160 Å². The van der Waals surface area contributed by atoms with Gasteiger partial charge in [0.25, 0.3) is 5.91 Å². The molecule has 3 rings (SSSR count). The third-order valence-corrected chi connectivity index (χ3v) is 4.88. The molecule has 9 heteroatoms. The Morgan fingerprint density at radius 1 is 1.22 bits per heavy atom. The van der Waals surface area contributed by atoms with Gasteiger partial charge >= 0.3 is 0 Å². The summed E-state index contributed by atoms with van der Waals surface area (Å²) in [6.45, 7) is 4.62. The highest BCUT2D eigenvalue weighted by Crippen LogP contribution is 2.17. The Morgan fingerprint density at radius 2 is 1.96 bits per heavy atom. The van der Waals surface area contributed by atoms with Gasteiger partial charge in [0, 0.05) is 37.1 Å². The van der Waals surface area contributed by atoms with Crippen LogP contribution >= 0.6 is 11.3 Å². The van der Waals surface area contributed by atoms with Gasteiger partial charge in [0.15, 0.2) is 5.13 Å². The normalized spacial score (nSPS) is 14.7. The third-order valence-electron chi connectivity index (χ3n) is 4.07. The van der Waals surface area contributed by atoms with Crippen LogP contribution in [0, 0.1) is 5.82 Å². The Hall–Kier alpha value is -2.36. The van der Waals surface area contributed by atoms with Crippen molar-refractivity contribution in [1.82, 2.24) is 15.2 Å². The molecule has 0 bridgehead atoms. The van der Waals surface area contributed by atoms with Crippen LogP contribution in [0.3, 0.4) is 0 Å². The van der Waals surface area contributed by atoms with Gasteiger partial charge in [0.05, 0.1) is 25.3 Å². The number of anilines is 1. The topological polar surface area (TPSA) is 83.6 Å². The van der Waals surface area contributed by atoms with E-state index in [9.17, 15) is 14.0 Å². The molecule has 0 saturated carbocycles. The van der Waals surface area contributed by atoms with Crippen LogP contribution in [0.15, 0.2) is 29.6 Å². The summed E-state index contributed by atoms with van der Waals surface area (Å²) in [7, 11) is 0. The molecule has 1 aliphatic rings. The zero-order valence-electron chi connectivity index (χ0n) is 14.7. The van der Waals surface area contributed by atoms with Crippen LogP contribution in [0.5, 0.6) is 0 Å². The van der Waals surface area contributed by atoms with Crippen molar-refractivity contribution in [1.29, 1.82) is 0 Å². The van der Waals surface area contributed by atoms with Crippen LogP contribution in [0.2, 0.25) is 0 Å². The smallest absolute Gasteiger partial charge is 0.257 e. The molecule has 0 unspecified atom stereocenters. The van der Waals surface area contributed by atoms with Crippen molar-refractivity contribution in [3.05, 3.63) is 46.7 Å². The summed E-state index contributed by atoms with van der Waals surface area (Å²) in [4.78, 5) is 30.6. The number of rotatable bonds is 7. The summed E-state index contributed by atoms with van der Waals surface area (Å²) in [5, 5.41) is 7.67. The van der Waals surface area contributed by atoms with E-state index in [1.54, 1.807) is 5.38 Å². The maximum atomic E-state index is 12.9. The first-order valence-electron chi connectivity index (χ1n) is 8.68. The highest BCUT2D eigenvalue weighted by Gasteiger charge is 2.13. The fourth-order valence-corrected chi connectivity index (χ4v) is 3.33. The zero-order valence-corrected chi connectivity index (χ0v) is 15.6. The summed E-state index contributed by atoms with van der Waals surface area (Å²) in [5.74, 6) is -0.876. The van der Waals surface area contributed by atoms with Crippen molar-refractivity contribution in [2.75, 3.05) is 44.7 Å². The van der Waals surface area contributed by atoms with Crippen LogP contribution < -0.4 is 10.6 Å². The molecule has 2 N–H and O–H groups in total. The third kappa shape index (κ3) is 6.09. The van der Waals surface area contributed by atoms with Gasteiger partial charge in [-0.05, 0) is 24.3 Å².